The third-order valence-corrected chi connectivity index (χ3v) is 6.43. The van der Waals surface area contributed by atoms with Gasteiger partial charge < -0.3 is 9.80 Å². The molecule has 1 unspecified atom stereocenters. The standard InChI is InChI=1S/C22H31N3O2/c1-16(2)17-6-8-19(9-7-17)25-13-18(12-21(25)26)22(27)24-14-20(15-24)23-10-4-3-5-11-23/h6-9,16,18,20H,3-5,10-15H2,1-2H3. The zero-order valence-corrected chi connectivity index (χ0v) is 16.6. The molecule has 2 amide bonds. The fraction of sp³-hybridized carbons (Fsp3) is 0.636. The van der Waals surface area contributed by atoms with Crippen LogP contribution in [0.15, 0.2) is 24.3 Å². The lowest BCUT2D eigenvalue weighted by Gasteiger charge is -2.47. The number of likely N-dealkylation sites (tertiary alicyclic amines) is 2. The fourth-order valence-corrected chi connectivity index (χ4v) is 4.57. The molecule has 27 heavy (non-hydrogen) atoms. The number of nitrogens with zero attached hydrogens (tertiary/aromatic N) is 3. The van der Waals surface area contributed by atoms with Crippen LogP contribution in [0.25, 0.3) is 0 Å². The number of anilines is 1. The molecule has 1 aromatic rings. The smallest absolute Gasteiger partial charge is 0.228 e. The minimum Gasteiger partial charge on any atom is -0.339 e. The number of hydrogen-bond donors (Lipinski definition) is 0. The number of piperidine rings is 1. The average molecular weight is 370 g/mol. The van der Waals surface area contributed by atoms with Gasteiger partial charge in [-0.1, -0.05) is 32.4 Å². The van der Waals surface area contributed by atoms with E-state index in [9.17, 15) is 9.59 Å². The van der Waals surface area contributed by atoms with E-state index in [4.69, 9.17) is 0 Å². The Hall–Kier alpha value is -1.88. The Labute approximate surface area is 162 Å². The Morgan fingerprint density at radius 2 is 1.67 bits per heavy atom. The van der Waals surface area contributed by atoms with Crippen LogP contribution < -0.4 is 4.90 Å². The molecule has 5 heteroatoms. The Morgan fingerprint density at radius 3 is 2.30 bits per heavy atom. The quantitative estimate of drug-likeness (QED) is 0.820. The second kappa shape index (κ2) is 7.63. The molecule has 0 aliphatic carbocycles. The van der Waals surface area contributed by atoms with Gasteiger partial charge in [0.25, 0.3) is 0 Å². The van der Waals surface area contributed by atoms with Crippen molar-refractivity contribution in [1.82, 2.24) is 9.80 Å². The molecule has 0 bridgehead atoms. The van der Waals surface area contributed by atoms with Gasteiger partial charge in [-0.2, -0.15) is 0 Å². The molecule has 4 rings (SSSR count). The maximum absolute atomic E-state index is 12.9. The summed E-state index contributed by atoms with van der Waals surface area (Å²) < 4.78 is 0. The second-order valence-electron chi connectivity index (χ2n) is 8.65. The maximum Gasteiger partial charge on any atom is 0.228 e. The number of carbonyl (C=O) groups excluding carboxylic acids is 2. The zero-order chi connectivity index (χ0) is 19.0. The molecule has 0 N–H and O–H groups in total. The monoisotopic (exact) mass is 369 g/mol. The molecular weight excluding hydrogens is 338 g/mol. The summed E-state index contributed by atoms with van der Waals surface area (Å²) in [6, 6.07) is 8.72. The summed E-state index contributed by atoms with van der Waals surface area (Å²) in [6.45, 7) is 8.87. The van der Waals surface area contributed by atoms with Gasteiger partial charge in [0, 0.05) is 37.8 Å². The highest BCUT2D eigenvalue weighted by Gasteiger charge is 2.42. The van der Waals surface area contributed by atoms with Gasteiger partial charge in [0.05, 0.1) is 5.92 Å². The lowest BCUT2D eigenvalue weighted by Crippen LogP contribution is -2.62. The van der Waals surface area contributed by atoms with Crippen molar-refractivity contribution < 1.29 is 9.59 Å². The molecule has 3 saturated heterocycles. The molecule has 0 spiro atoms. The SMILES string of the molecule is CC(C)c1ccc(N2CC(C(=O)N3CC(N4CCCCC4)C3)CC2=O)cc1. The van der Waals surface area contributed by atoms with E-state index in [-0.39, 0.29) is 17.7 Å². The van der Waals surface area contributed by atoms with Crippen LogP contribution in [0.1, 0.15) is 51.0 Å². The second-order valence-corrected chi connectivity index (χ2v) is 8.65. The van der Waals surface area contributed by atoms with E-state index in [2.05, 4.69) is 30.9 Å². The van der Waals surface area contributed by atoms with Gasteiger partial charge in [0.2, 0.25) is 11.8 Å². The van der Waals surface area contributed by atoms with Crippen LogP contribution in [-0.2, 0) is 9.59 Å². The topological polar surface area (TPSA) is 43.9 Å². The molecule has 146 valence electrons. The predicted octanol–water partition coefficient (Wildman–Crippen LogP) is 2.86. The molecule has 3 aliphatic heterocycles. The van der Waals surface area contributed by atoms with Crippen LogP contribution in [0.2, 0.25) is 0 Å². The van der Waals surface area contributed by atoms with E-state index in [1.165, 1.54) is 37.9 Å². The van der Waals surface area contributed by atoms with Gasteiger partial charge in [0.1, 0.15) is 0 Å². The minimum atomic E-state index is -0.190. The van der Waals surface area contributed by atoms with Crippen LogP contribution in [0.3, 0.4) is 0 Å². The molecular formula is C22H31N3O2. The minimum absolute atomic E-state index is 0.0683. The molecule has 5 nitrogen and oxygen atoms in total. The van der Waals surface area contributed by atoms with E-state index in [0.29, 0.717) is 24.9 Å². The number of carbonyl (C=O) groups is 2. The van der Waals surface area contributed by atoms with Crippen molar-refractivity contribution in [3.8, 4) is 0 Å². The van der Waals surface area contributed by atoms with Crippen molar-refractivity contribution in [2.45, 2.75) is 51.5 Å². The lowest BCUT2D eigenvalue weighted by molar-refractivity contribution is -0.143. The summed E-state index contributed by atoms with van der Waals surface area (Å²) in [5.74, 6) is 0.517. The summed E-state index contributed by atoms with van der Waals surface area (Å²) in [4.78, 5) is 31.6. The van der Waals surface area contributed by atoms with Gasteiger partial charge in [-0.3, -0.25) is 14.5 Å². The van der Waals surface area contributed by atoms with Crippen molar-refractivity contribution in [2.75, 3.05) is 37.6 Å². The highest BCUT2D eigenvalue weighted by molar-refractivity contribution is 6.00. The highest BCUT2D eigenvalue weighted by Crippen LogP contribution is 2.29. The normalized spacial score (nSPS) is 24.6. The van der Waals surface area contributed by atoms with Crippen LogP contribution in [-0.4, -0.2) is 60.4 Å². The number of hydrogen-bond acceptors (Lipinski definition) is 3. The summed E-state index contributed by atoms with van der Waals surface area (Å²) in [6.07, 6.45) is 4.25. The van der Waals surface area contributed by atoms with E-state index < -0.39 is 0 Å². The Bertz CT molecular complexity index is 688. The highest BCUT2D eigenvalue weighted by atomic mass is 16.2. The first-order valence-electron chi connectivity index (χ1n) is 10.5. The summed E-state index contributed by atoms with van der Waals surface area (Å²) in [5, 5.41) is 0. The van der Waals surface area contributed by atoms with E-state index in [0.717, 1.165) is 18.8 Å². The Morgan fingerprint density at radius 1 is 1.00 bits per heavy atom. The molecule has 3 heterocycles. The van der Waals surface area contributed by atoms with Gasteiger partial charge >= 0.3 is 0 Å². The summed E-state index contributed by atoms with van der Waals surface area (Å²) >= 11 is 0. The van der Waals surface area contributed by atoms with E-state index in [1.807, 2.05) is 17.0 Å². The molecule has 3 aliphatic rings. The lowest BCUT2D eigenvalue weighted by atomic mass is 9.99. The van der Waals surface area contributed by atoms with Gasteiger partial charge in [-0.25, -0.2) is 0 Å². The maximum atomic E-state index is 12.9. The van der Waals surface area contributed by atoms with Crippen LogP contribution in [0.5, 0.6) is 0 Å². The van der Waals surface area contributed by atoms with Crippen molar-refractivity contribution in [3.05, 3.63) is 29.8 Å². The van der Waals surface area contributed by atoms with Crippen molar-refractivity contribution in [3.63, 3.8) is 0 Å². The van der Waals surface area contributed by atoms with Crippen LogP contribution >= 0.6 is 0 Å². The molecule has 1 atom stereocenters. The van der Waals surface area contributed by atoms with Gasteiger partial charge in [-0.15, -0.1) is 0 Å². The molecule has 3 fully saturated rings. The van der Waals surface area contributed by atoms with Gasteiger partial charge in [-0.05, 0) is 49.5 Å². The first kappa shape index (κ1) is 18.5. The number of rotatable bonds is 4. The molecule has 0 saturated carbocycles. The average Bonchev–Trinajstić information content (AvgIpc) is 3.03. The predicted molar refractivity (Wildman–Crippen MR) is 107 cm³/mol. The van der Waals surface area contributed by atoms with E-state index in [1.54, 1.807) is 4.90 Å². The summed E-state index contributed by atoms with van der Waals surface area (Å²) in [7, 11) is 0. The zero-order valence-electron chi connectivity index (χ0n) is 16.6. The Balaban J connectivity index is 1.33. The Kier molecular flexibility index (Phi) is 5.22. The molecule has 1 aromatic carbocycles. The third-order valence-electron chi connectivity index (χ3n) is 6.43. The van der Waals surface area contributed by atoms with E-state index >= 15 is 0 Å². The largest absolute Gasteiger partial charge is 0.339 e. The molecule has 0 aromatic heterocycles. The van der Waals surface area contributed by atoms with Crippen molar-refractivity contribution in [1.29, 1.82) is 0 Å². The number of benzene rings is 1. The summed E-state index contributed by atoms with van der Waals surface area (Å²) in [5.41, 5.74) is 2.18. The van der Waals surface area contributed by atoms with Crippen LogP contribution in [0, 0.1) is 5.92 Å². The molecule has 0 radical (unpaired) electrons. The first-order valence-corrected chi connectivity index (χ1v) is 10.5. The number of amides is 2. The first-order chi connectivity index (χ1) is 13.0. The van der Waals surface area contributed by atoms with Gasteiger partial charge in [0.15, 0.2) is 0 Å². The van der Waals surface area contributed by atoms with Crippen LogP contribution in [0.4, 0.5) is 5.69 Å². The third kappa shape index (κ3) is 3.75. The fourth-order valence-electron chi connectivity index (χ4n) is 4.57. The van der Waals surface area contributed by atoms with Crippen molar-refractivity contribution in [2.24, 2.45) is 5.92 Å². The van der Waals surface area contributed by atoms with Crippen molar-refractivity contribution >= 4 is 17.5 Å².